The molecule has 0 N–H and O–H groups in total. The molecular weight excluding hydrogens is 374 g/mol. The molecule has 2 aromatic heterocycles. The van der Waals surface area contributed by atoms with Gasteiger partial charge in [0.25, 0.3) is 0 Å². The molecule has 4 aromatic carbocycles. The maximum absolute atomic E-state index is 2.37. The highest BCUT2D eigenvalue weighted by Crippen LogP contribution is 2.50. The van der Waals surface area contributed by atoms with Gasteiger partial charge in [0, 0.05) is 17.0 Å². The van der Waals surface area contributed by atoms with Crippen LogP contribution in [-0.2, 0) is 12.8 Å². The molecule has 2 heterocycles. The van der Waals surface area contributed by atoms with Crippen LogP contribution >= 0.6 is 0 Å². The second-order valence-corrected chi connectivity index (χ2v) is 8.93. The third-order valence-electron chi connectivity index (χ3n) is 7.48. The molecule has 6 aromatic rings. The maximum Gasteiger partial charge on any atom is 0.0535 e. The van der Waals surface area contributed by atoms with E-state index >= 15 is 0 Å². The highest BCUT2D eigenvalue weighted by Gasteiger charge is 2.29. The molecule has 8 rings (SSSR count). The van der Waals surface area contributed by atoms with Gasteiger partial charge < -0.3 is 4.40 Å². The molecule has 0 atom stereocenters. The number of rotatable bonds is 0. The normalized spacial score (nSPS) is 13.5. The summed E-state index contributed by atoms with van der Waals surface area (Å²) in [4.78, 5) is 0. The van der Waals surface area contributed by atoms with E-state index in [1.807, 2.05) is 0 Å². The highest BCUT2D eigenvalue weighted by atomic mass is 14.9. The molecule has 0 fully saturated rings. The summed E-state index contributed by atoms with van der Waals surface area (Å²) in [5.74, 6) is 0. The van der Waals surface area contributed by atoms with Crippen LogP contribution in [-0.4, -0.2) is 4.40 Å². The van der Waals surface area contributed by atoms with Gasteiger partial charge in [-0.15, -0.1) is 0 Å². The summed E-state index contributed by atoms with van der Waals surface area (Å²) >= 11 is 0. The first kappa shape index (κ1) is 15.9. The van der Waals surface area contributed by atoms with Gasteiger partial charge in [-0.05, 0) is 80.9 Å². The summed E-state index contributed by atoms with van der Waals surface area (Å²) < 4.78 is 2.33. The topological polar surface area (TPSA) is 4.41 Å². The number of aromatic nitrogens is 1. The van der Waals surface area contributed by atoms with Crippen LogP contribution in [0.2, 0.25) is 0 Å². The first-order valence-electron chi connectivity index (χ1n) is 11.1. The number of hydrogen-bond acceptors (Lipinski definition) is 0. The van der Waals surface area contributed by atoms with Crippen LogP contribution in [0.5, 0.6) is 0 Å². The lowest BCUT2D eigenvalue weighted by Crippen LogP contribution is -1.93. The molecule has 0 unspecified atom stereocenters. The fraction of sp³-hybridized carbons (Fsp3) is 0.0667. The Hall–Kier alpha value is -3.84. The average Bonchev–Trinajstić information content (AvgIpc) is 3.53. The lowest BCUT2D eigenvalue weighted by atomic mass is 9.95. The predicted octanol–water partition coefficient (Wildman–Crippen LogP) is 7.39. The molecule has 1 heteroatoms. The van der Waals surface area contributed by atoms with Gasteiger partial charge in [0.05, 0.1) is 11.0 Å². The van der Waals surface area contributed by atoms with E-state index in [0.29, 0.717) is 0 Å². The standard InChI is InChI=1S/C30H19N/c1-2-7-20-18(6-1)16-19-11-12-21-22-13-14-24-28-10-5-15-31(28)27-9-4-3-8-23(27)30(24)26(22)17-25(21)29(19)20/h1-15H,16-17H2. The van der Waals surface area contributed by atoms with E-state index in [1.54, 1.807) is 0 Å². The third-order valence-corrected chi connectivity index (χ3v) is 7.48. The molecule has 144 valence electrons. The first-order valence-corrected chi connectivity index (χ1v) is 11.1. The van der Waals surface area contributed by atoms with E-state index in [2.05, 4.69) is 95.5 Å². The molecule has 31 heavy (non-hydrogen) atoms. The third kappa shape index (κ3) is 1.88. The fourth-order valence-corrected chi connectivity index (χ4v) is 6.23. The van der Waals surface area contributed by atoms with E-state index in [0.717, 1.165) is 12.8 Å². The largest absolute Gasteiger partial charge is 0.316 e. The van der Waals surface area contributed by atoms with Crippen LogP contribution in [0.15, 0.2) is 91.1 Å². The van der Waals surface area contributed by atoms with Crippen molar-refractivity contribution in [3.63, 3.8) is 0 Å². The summed E-state index contributed by atoms with van der Waals surface area (Å²) in [6.07, 6.45) is 4.26. The number of fused-ring (bicyclic) bond motifs is 14. The molecule has 0 aliphatic heterocycles. The summed E-state index contributed by atoms with van der Waals surface area (Å²) in [7, 11) is 0. The van der Waals surface area contributed by atoms with E-state index < -0.39 is 0 Å². The van der Waals surface area contributed by atoms with Crippen LogP contribution in [0.3, 0.4) is 0 Å². The van der Waals surface area contributed by atoms with Crippen LogP contribution < -0.4 is 0 Å². The molecule has 0 spiro atoms. The van der Waals surface area contributed by atoms with Gasteiger partial charge in [0.15, 0.2) is 0 Å². The molecule has 0 bridgehead atoms. The average molecular weight is 393 g/mol. The van der Waals surface area contributed by atoms with Gasteiger partial charge in [-0.2, -0.15) is 0 Å². The van der Waals surface area contributed by atoms with Crippen LogP contribution in [0, 0.1) is 0 Å². The van der Waals surface area contributed by atoms with Gasteiger partial charge in [-0.3, -0.25) is 0 Å². The monoisotopic (exact) mass is 393 g/mol. The molecule has 0 saturated heterocycles. The van der Waals surface area contributed by atoms with Gasteiger partial charge in [-0.1, -0.05) is 66.7 Å². The summed E-state index contributed by atoms with van der Waals surface area (Å²) in [6, 6.07) is 31.6. The second kappa shape index (κ2) is 5.44. The van der Waals surface area contributed by atoms with Crippen molar-refractivity contribution in [3.8, 4) is 22.3 Å². The smallest absolute Gasteiger partial charge is 0.0535 e. The lowest BCUT2D eigenvalue weighted by Gasteiger charge is -2.13. The SMILES string of the molecule is c1ccc2c(c1)Cc1ccc3c(c1-2)Cc1c-3ccc2c1c1ccccc1n1cccc21. The minimum absolute atomic E-state index is 1.01. The molecular formula is C30H19N. The van der Waals surface area contributed by atoms with Crippen molar-refractivity contribution in [3.05, 3.63) is 113 Å². The van der Waals surface area contributed by atoms with Gasteiger partial charge >= 0.3 is 0 Å². The summed E-state index contributed by atoms with van der Waals surface area (Å²) in [5.41, 5.74) is 14.3. The van der Waals surface area contributed by atoms with Crippen molar-refractivity contribution in [2.24, 2.45) is 0 Å². The Bertz CT molecular complexity index is 1730. The Kier molecular flexibility index (Phi) is 2.80. The zero-order valence-electron chi connectivity index (χ0n) is 17.0. The van der Waals surface area contributed by atoms with Crippen LogP contribution in [0.4, 0.5) is 0 Å². The lowest BCUT2D eigenvalue weighted by molar-refractivity contribution is 1.24. The van der Waals surface area contributed by atoms with Crippen molar-refractivity contribution >= 4 is 27.2 Å². The van der Waals surface area contributed by atoms with Crippen LogP contribution in [0.25, 0.3) is 49.4 Å². The van der Waals surface area contributed by atoms with Crippen LogP contribution in [0.1, 0.15) is 22.3 Å². The molecule has 1 nitrogen and oxygen atoms in total. The maximum atomic E-state index is 2.37. The first-order chi connectivity index (χ1) is 15.4. The Labute approximate surface area is 180 Å². The van der Waals surface area contributed by atoms with Gasteiger partial charge in [-0.25, -0.2) is 0 Å². The van der Waals surface area contributed by atoms with Crippen molar-refractivity contribution in [2.45, 2.75) is 12.8 Å². The number of hydrogen-bond donors (Lipinski definition) is 0. The Balaban J connectivity index is 1.50. The quantitative estimate of drug-likeness (QED) is 0.237. The zero-order valence-corrected chi connectivity index (χ0v) is 17.0. The fourth-order valence-electron chi connectivity index (χ4n) is 6.23. The number of benzene rings is 4. The van der Waals surface area contributed by atoms with Crippen molar-refractivity contribution < 1.29 is 0 Å². The molecule has 0 amide bonds. The Morgan fingerprint density at radius 1 is 0.516 bits per heavy atom. The summed E-state index contributed by atoms with van der Waals surface area (Å²) in [5, 5.41) is 4.13. The van der Waals surface area contributed by atoms with E-state index in [-0.39, 0.29) is 0 Å². The minimum atomic E-state index is 1.01. The van der Waals surface area contributed by atoms with Gasteiger partial charge in [0.2, 0.25) is 0 Å². The molecule has 0 saturated carbocycles. The van der Waals surface area contributed by atoms with Gasteiger partial charge in [0.1, 0.15) is 0 Å². The Morgan fingerprint density at radius 2 is 1.26 bits per heavy atom. The minimum Gasteiger partial charge on any atom is -0.316 e. The zero-order chi connectivity index (χ0) is 20.1. The Morgan fingerprint density at radius 3 is 2.23 bits per heavy atom. The second-order valence-electron chi connectivity index (χ2n) is 8.93. The number of pyridine rings is 1. The summed E-state index contributed by atoms with van der Waals surface area (Å²) in [6.45, 7) is 0. The van der Waals surface area contributed by atoms with E-state index in [9.17, 15) is 0 Å². The van der Waals surface area contributed by atoms with Crippen molar-refractivity contribution in [2.75, 3.05) is 0 Å². The molecule has 2 aliphatic rings. The number of nitrogens with zero attached hydrogens (tertiary/aromatic N) is 1. The number of para-hydroxylation sites is 1. The predicted molar refractivity (Wildman–Crippen MR) is 129 cm³/mol. The molecule has 2 aliphatic carbocycles. The van der Waals surface area contributed by atoms with E-state index in [1.165, 1.54) is 71.7 Å². The van der Waals surface area contributed by atoms with Crippen molar-refractivity contribution in [1.29, 1.82) is 0 Å². The molecule has 0 radical (unpaired) electrons. The van der Waals surface area contributed by atoms with Crippen molar-refractivity contribution in [1.82, 2.24) is 4.40 Å². The highest BCUT2D eigenvalue weighted by molar-refractivity contribution is 6.16. The van der Waals surface area contributed by atoms with E-state index in [4.69, 9.17) is 0 Å².